The molecule has 2 aromatic carbocycles. The lowest BCUT2D eigenvalue weighted by Crippen LogP contribution is -2.53. The maximum atomic E-state index is 13.0. The first-order valence-corrected chi connectivity index (χ1v) is 11.8. The third kappa shape index (κ3) is 4.42. The monoisotopic (exact) mass is 491 g/mol. The Bertz CT molecular complexity index is 1340. The van der Waals surface area contributed by atoms with Gasteiger partial charge in [-0.15, -0.1) is 0 Å². The van der Waals surface area contributed by atoms with Gasteiger partial charge < -0.3 is 24.1 Å². The minimum absolute atomic E-state index is 0.0399. The number of aliphatic hydroxyl groups excluding tert-OH is 1. The van der Waals surface area contributed by atoms with Gasteiger partial charge in [-0.05, 0) is 37.5 Å². The van der Waals surface area contributed by atoms with E-state index in [0.717, 1.165) is 12.1 Å². The summed E-state index contributed by atoms with van der Waals surface area (Å²) in [4.78, 5) is 33.7. The molecule has 12 heteroatoms. The number of nitrogens with zero attached hydrogens (tertiary/aromatic N) is 1. The molecule has 1 saturated heterocycles. The van der Waals surface area contributed by atoms with Crippen molar-refractivity contribution in [2.75, 3.05) is 20.1 Å². The number of hydrogen-bond donors (Lipinski definition) is 4. The highest BCUT2D eigenvalue weighted by Gasteiger charge is 2.43. The molecular formula is C21H20BClNO8P. The van der Waals surface area contributed by atoms with Crippen LogP contribution in [-0.2, 0) is 9.88 Å². The van der Waals surface area contributed by atoms with Crippen molar-refractivity contribution in [1.82, 2.24) is 4.90 Å². The fraction of sp³-hybridized carbons (Fsp3) is 0.286. The normalized spacial score (nSPS) is 21.9. The molecule has 172 valence electrons. The lowest BCUT2D eigenvalue weighted by molar-refractivity contribution is 0.0449. The topological polar surface area (TPSA) is 141 Å². The molecule has 33 heavy (non-hydrogen) atoms. The molecule has 2 radical (unpaired) electrons. The van der Waals surface area contributed by atoms with Crippen LogP contribution in [0.2, 0.25) is 5.02 Å². The second-order valence-electron chi connectivity index (χ2n) is 8.08. The van der Waals surface area contributed by atoms with Gasteiger partial charge in [0.25, 0.3) is 0 Å². The van der Waals surface area contributed by atoms with Crippen LogP contribution in [-0.4, -0.2) is 59.0 Å². The average molecular weight is 492 g/mol. The van der Waals surface area contributed by atoms with E-state index in [1.54, 1.807) is 31.3 Å². The second-order valence-corrected chi connectivity index (χ2v) is 9.65. The van der Waals surface area contributed by atoms with E-state index in [9.17, 15) is 29.4 Å². The zero-order valence-electron chi connectivity index (χ0n) is 17.4. The number of rotatable bonds is 4. The van der Waals surface area contributed by atoms with E-state index >= 15 is 0 Å². The van der Waals surface area contributed by atoms with E-state index in [0.29, 0.717) is 12.1 Å². The first-order valence-electron chi connectivity index (χ1n) is 9.90. The first-order chi connectivity index (χ1) is 15.4. The Kier molecular flexibility index (Phi) is 6.11. The number of aliphatic hydroxyl groups is 1. The number of phosphoric acid groups is 1. The molecular weight excluding hydrogens is 471 g/mol. The van der Waals surface area contributed by atoms with Crippen LogP contribution in [0.1, 0.15) is 12.0 Å². The quantitative estimate of drug-likeness (QED) is 0.320. The van der Waals surface area contributed by atoms with Gasteiger partial charge in [-0.1, -0.05) is 23.7 Å². The fourth-order valence-electron chi connectivity index (χ4n) is 4.11. The molecule has 0 amide bonds. The van der Waals surface area contributed by atoms with Crippen LogP contribution >= 0.6 is 19.4 Å². The standard InChI is InChI=1S/C21H20BClNO8P/c1-24-7-6-21(22,17(27)10-24)19-16(32-33(28,29)30)9-14(26)18-13(25)8-15(31-20(18)19)11-4-2-3-5-12(11)23/h2-5,8-9,17,26-27H,6-7,10H2,1H3,(H2,28,29,30)/t17-,21-/m1/s1. The number of β-amino-alcohol motifs (C(OH)–C–C–N with tert-alkyl or cyclic N) is 1. The van der Waals surface area contributed by atoms with Gasteiger partial charge in [-0.3, -0.25) is 14.6 Å². The van der Waals surface area contributed by atoms with Crippen molar-refractivity contribution in [2.45, 2.75) is 17.8 Å². The number of fused-ring (bicyclic) bond motifs is 1. The predicted octanol–water partition coefficient (Wildman–Crippen LogP) is 2.35. The van der Waals surface area contributed by atoms with E-state index in [-0.39, 0.29) is 40.3 Å². The maximum absolute atomic E-state index is 13.0. The number of aromatic hydroxyl groups is 1. The van der Waals surface area contributed by atoms with Crippen molar-refractivity contribution in [2.24, 2.45) is 0 Å². The van der Waals surface area contributed by atoms with E-state index in [4.69, 9.17) is 28.4 Å². The number of piperidine rings is 1. The lowest BCUT2D eigenvalue weighted by atomic mass is 9.56. The molecule has 4 rings (SSSR count). The largest absolute Gasteiger partial charge is 0.524 e. The van der Waals surface area contributed by atoms with E-state index < -0.39 is 36.2 Å². The Morgan fingerprint density at radius 2 is 2.00 bits per heavy atom. The molecule has 1 aliphatic heterocycles. The van der Waals surface area contributed by atoms with Crippen molar-refractivity contribution in [3.63, 3.8) is 0 Å². The molecule has 2 heterocycles. The number of likely N-dealkylation sites (tertiary alicyclic amines) is 1. The number of phosphoric ester groups is 1. The van der Waals surface area contributed by atoms with Crippen LogP contribution in [0.15, 0.2) is 45.6 Å². The van der Waals surface area contributed by atoms with E-state index in [1.807, 2.05) is 4.90 Å². The van der Waals surface area contributed by atoms with Crippen LogP contribution < -0.4 is 9.95 Å². The van der Waals surface area contributed by atoms with Crippen molar-refractivity contribution in [3.05, 3.63) is 57.2 Å². The molecule has 0 bridgehead atoms. The zero-order valence-corrected chi connectivity index (χ0v) is 19.1. The van der Waals surface area contributed by atoms with Crippen LogP contribution in [0.3, 0.4) is 0 Å². The summed E-state index contributed by atoms with van der Waals surface area (Å²) in [6, 6.07) is 8.62. The molecule has 1 aromatic heterocycles. The molecule has 0 spiro atoms. The van der Waals surface area contributed by atoms with Crippen molar-refractivity contribution >= 4 is 38.2 Å². The Hall–Kier alpha value is -2.33. The van der Waals surface area contributed by atoms with Crippen LogP contribution in [0.5, 0.6) is 11.5 Å². The summed E-state index contributed by atoms with van der Waals surface area (Å²) in [7, 11) is 3.28. The van der Waals surface area contributed by atoms with Gasteiger partial charge in [0.2, 0.25) is 0 Å². The number of hydrogen-bond acceptors (Lipinski definition) is 7. The van der Waals surface area contributed by atoms with Gasteiger partial charge in [0.15, 0.2) is 5.43 Å². The maximum Gasteiger partial charge on any atom is 0.524 e. The zero-order chi connectivity index (χ0) is 24.1. The number of benzene rings is 2. The van der Waals surface area contributed by atoms with Gasteiger partial charge in [0.1, 0.15) is 28.2 Å². The number of halogens is 1. The molecule has 1 fully saturated rings. The summed E-state index contributed by atoms with van der Waals surface area (Å²) in [6.45, 7) is 0.572. The summed E-state index contributed by atoms with van der Waals surface area (Å²) < 4.78 is 22.5. The third-order valence-corrected chi connectivity index (χ3v) is 6.52. The number of phenols is 1. The Labute approximate surface area is 194 Å². The highest BCUT2D eigenvalue weighted by atomic mass is 35.5. The molecule has 9 nitrogen and oxygen atoms in total. The minimum atomic E-state index is -5.11. The fourth-order valence-corrected chi connectivity index (χ4v) is 4.74. The smallest absolute Gasteiger partial charge is 0.507 e. The molecule has 1 aliphatic rings. The van der Waals surface area contributed by atoms with Crippen LogP contribution in [0.25, 0.3) is 22.3 Å². The Morgan fingerprint density at radius 1 is 1.30 bits per heavy atom. The summed E-state index contributed by atoms with van der Waals surface area (Å²) in [6.07, 6.45) is -1.07. The SMILES string of the molecule is [B][C@]1(c2c(OP(=O)(O)O)cc(O)c3c(=O)cc(-c4ccccc4Cl)oc23)CCN(C)C[C@H]1O. The first kappa shape index (κ1) is 23.8. The minimum Gasteiger partial charge on any atom is -0.507 e. The summed E-state index contributed by atoms with van der Waals surface area (Å²) in [5.74, 6) is -1.08. The molecule has 3 aromatic rings. The van der Waals surface area contributed by atoms with Crippen molar-refractivity contribution in [1.29, 1.82) is 0 Å². The Balaban J connectivity index is 2.10. The van der Waals surface area contributed by atoms with Crippen molar-refractivity contribution < 1.29 is 33.5 Å². The highest BCUT2D eigenvalue weighted by molar-refractivity contribution is 7.46. The highest BCUT2D eigenvalue weighted by Crippen LogP contribution is 2.49. The lowest BCUT2D eigenvalue weighted by Gasteiger charge is -2.43. The van der Waals surface area contributed by atoms with Crippen molar-refractivity contribution in [3.8, 4) is 22.8 Å². The molecule has 0 unspecified atom stereocenters. The number of phenolic OH excluding ortho intramolecular Hbond substituents is 1. The summed E-state index contributed by atoms with van der Waals surface area (Å²) >= 11 is 6.26. The van der Waals surface area contributed by atoms with E-state index in [2.05, 4.69) is 0 Å². The van der Waals surface area contributed by atoms with Gasteiger partial charge in [0, 0.05) is 29.8 Å². The van der Waals surface area contributed by atoms with Gasteiger partial charge in [0.05, 0.1) is 19.0 Å². The predicted molar refractivity (Wildman–Crippen MR) is 123 cm³/mol. The van der Waals surface area contributed by atoms with Gasteiger partial charge in [-0.25, -0.2) is 4.57 Å². The number of likely N-dealkylation sites (N-methyl/N-ethyl adjacent to an activating group) is 1. The van der Waals surface area contributed by atoms with Gasteiger partial charge in [-0.2, -0.15) is 0 Å². The molecule has 0 saturated carbocycles. The van der Waals surface area contributed by atoms with E-state index in [1.165, 1.54) is 0 Å². The average Bonchev–Trinajstić information content (AvgIpc) is 2.69. The molecule has 4 N–H and O–H groups in total. The third-order valence-electron chi connectivity index (χ3n) is 5.75. The molecule has 2 atom stereocenters. The van der Waals surface area contributed by atoms with Crippen LogP contribution in [0.4, 0.5) is 0 Å². The van der Waals surface area contributed by atoms with Gasteiger partial charge >= 0.3 is 7.82 Å². The molecule has 0 aliphatic carbocycles. The van der Waals surface area contributed by atoms with Crippen LogP contribution in [0, 0.1) is 0 Å². The summed E-state index contributed by atoms with van der Waals surface area (Å²) in [5.41, 5.74) is -0.657. The second kappa shape index (κ2) is 8.47. The Morgan fingerprint density at radius 3 is 2.64 bits per heavy atom. The summed E-state index contributed by atoms with van der Waals surface area (Å²) in [5, 5.41) is 19.8.